The van der Waals surface area contributed by atoms with E-state index in [2.05, 4.69) is 0 Å². The van der Waals surface area contributed by atoms with Crippen LogP contribution in [0.2, 0.25) is 0 Å². The van der Waals surface area contributed by atoms with E-state index in [1.165, 1.54) is 7.11 Å². The normalized spacial score (nSPS) is 28.7. The molecule has 4 aliphatic rings. The van der Waals surface area contributed by atoms with Crippen LogP contribution >= 0.6 is 0 Å². The van der Waals surface area contributed by atoms with Crippen LogP contribution in [0.1, 0.15) is 51.5 Å². The minimum Gasteiger partial charge on any atom is -0.469 e. The van der Waals surface area contributed by atoms with Crippen molar-refractivity contribution in [3.63, 3.8) is 0 Å². The zero-order valence-electron chi connectivity index (χ0n) is 18.1. The van der Waals surface area contributed by atoms with Gasteiger partial charge in [0.2, 0.25) is 6.79 Å². The number of methoxy groups -OCH3 is 1. The summed E-state index contributed by atoms with van der Waals surface area (Å²) in [5, 5.41) is 0. The van der Waals surface area contributed by atoms with Crippen LogP contribution in [0.25, 0.3) is 0 Å². The molecular formula is C25H23NO7. The molecule has 0 spiro atoms. The molecule has 0 N–H and O–H groups in total. The molecule has 2 aromatic rings. The van der Waals surface area contributed by atoms with Gasteiger partial charge in [0.05, 0.1) is 24.1 Å². The maximum absolute atomic E-state index is 13.4. The van der Waals surface area contributed by atoms with Crippen molar-refractivity contribution in [3.8, 4) is 11.5 Å². The lowest BCUT2D eigenvalue weighted by Crippen LogP contribution is -2.58. The Kier molecular flexibility index (Phi) is 4.40. The number of hydrogen-bond donors (Lipinski definition) is 0. The molecule has 6 rings (SSSR count). The fourth-order valence-corrected chi connectivity index (χ4v) is 6.15. The predicted molar refractivity (Wildman–Crippen MR) is 114 cm³/mol. The van der Waals surface area contributed by atoms with Crippen molar-refractivity contribution in [1.29, 1.82) is 0 Å². The molecule has 1 saturated heterocycles. The fourth-order valence-electron chi connectivity index (χ4n) is 6.15. The molecule has 1 amide bonds. The zero-order valence-corrected chi connectivity index (χ0v) is 18.1. The van der Waals surface area contributed by atoms with Crippen LogP contribution in [0, 0.1) is 5.41 Å². The van der Waals surface area contributed by atoms with Gasteiger partial charge in [0, 0.05) is 24.4 Å². The van der Waals surface area contributed by atoms with E-state index in [9.17, 15) is 14.4 Å². The van der Waals surface area contributed by atoms with E-state index < -0.39 is 17.5 Å². The van der Waals surface area contributed by atoms with Gasteiger partial charge >= 0.3 is 11.9 Å². The second-order valence-electron chi connectivity index (χ2n) is 9.07. The smallest absolute Gasteiger partial charge is 0.338 e. The summed E-state index contributed by atoms with van der Waals surface area (Å²) in [7, 11) is 1.37. The molecule has 8 nitrogen and oxygen atoms in total. The second-order valence-corrected chi connectivity index (χ2v) is 9.07. The van der Waals surface area contributed by atoms with Crippen molar-refractivity contribution in [2.45, 2.75) is 37.3 Å². The Bertz CT molecular complexity index is 1160. The summed E-state index contributed by atoms with van der Waals surface area (Å²) in [5.74, 6) is 0.0252. The van der Waals surface area contributed by atoms with Gasteiger partial charge in [-0.25, -0.2) is 4.79 Å². The third-order valence-electron chi connectivity index (χ3n) is 7.50. The zero-order chi connectivity index (χ0) is 22.7. The van der Waals surface area contributed by atoms with E-state index in [1.54, 1.807) is 35.2 Å². The van der Waals surface area contributed by atoms with Gasteiger partial charge in [0.15, 0.2) is 11.5 Å². The van der Waals surface area contributed by atoms with Crippen molar-refractivity contribution >= 4 is 17.8 Å². The van der Waals surface area contributed by atoms with E-state index in [0.717, 1.165) is 5.56 Å². The van der Waals surface area contributed by atoms with E-state index in [4.69, 9.17) is 18.9 Å². The number of esters is 2. The number of benzene rings is 2. The first-order valence-corrected chi connectivity index (χ1v) is 11.1. The minimum atomic E-state index is -0.928. The van der Waals surface area contributed by atoms with Gasteiger partial charge in [-0.1, -0.05) is 18.2 Å². The third-order valence-corrected chi connectivity index (χ3v) is 7.50. The van der Waals surface area contributed by atoms with E-state index in [1.807, 2.05) is 12.1 Å². The number of carbonyl (C=O) groups is 3. The van der Waals surface area contributed by atoms with Crippen LogP contribution in [-0.4, -0.2) is 55.3 Å². The molecule has 2 aromatic carbocycles. The molecule has 3 aliphatic heterocycles. The van der Waals surface area contributed by atoms with Gasteiger partial charge in [-0.3, -0.25) is 9.59 Å². The SMILES string of the molecule is COC(=O)[C@@]12CCN3C(=O)c4cc5c(cc4[C@H](C[C@@H](OC(=O)c4ccccc4)C1)[C@H]32)OCO5. The number of nitrogens with zero attached hydrogens (tertiary/aromatic N) is 1. The molecule has 0 radical (unpaired) electrons. The molecule has 0 bridgehead atoms. The number of hydrogen-bond acceptors (Lipinski definition) is 7. The first-order chi connectivity index (χ1) is 16.0. The Labute approximate surface area is 190 Å². The molecule has 3 heterocycles. The molecule has 4 atom stereocenters. The first-order valence-electron chi connectivity index (χ1n) is 11.1. The van der Waals surface area contributed by atoms with Crippen LogP contribution in [-0.2, 0) is 14.3 Å². The van der Waals surface area contributed by atoms with Gasteiger partial charge in [-0.2, -0.15) is 0 Å². The van der Waals surface area contributed by atoms with E-state index in [0.29, 0.717) is 48.4 Å². The summed E-state index contributed by atoms with van der Waals surface area (Å²) in [6.07, 6.45) is 0.790. The second kappa shape index (κ2) is 7.23. The standard InChI is InChI=1S/C25H23NO7/c1-30-24(29)25-7-8-26-21(25)17(9-15(12-25)33-23(28)14-5-3-2-4-6-14)16-10-19-20(32-13-31-19)11-18(16)22(26)27/h2-6,10-11,15,17,21H,7-9,12-13H2,1H3/t15-,17+,21+,25+/m1/s1. The van der Waals surface area contributed by atoms with Gasteiger partial charge in [0.25, 0.3) is 5.91 Å². The lowest BCUT2D eigenvalue weighted by molar-refractivity contribution is -0.160. The Hall–Kier alpha value is -3.55. The maximum atomic E-state index is 13.4. The Morgan fingerprint density at radius 1 is 1.12 bits per heavy atom. The third kappa shape index (κ3) is 2.86. The molecular weight excluding hydrogens is 426 g/mol. The summed E-state index contributed by atoms with van der Waals surface area (Å²) in [4.78, 5) is 41.2. The average molecular weight is 449 g/mol. The maximum Gasteiger partial charge on any atom is 0.338 e. The van der Waals surface area contributed by atoms with Crippen LogP contribution < -0.4 is 9.47 Å². The lowest BCUT2D eigenvalue weighted by atomic mass is 9.61. The molecule has 1 aliphatic carbocycles. The summed E-state index contributed by atoms with van der Waals surface area (Å²) in [6, 6.07) is 12.0. The van der Waals surface area contributed by atoms with Gasteiger partial charge in [0.1, 0.15) is 6.10 Å². The lowest BCUT2D eigenvalue weighted by Gasteiger charge is -2.49. The minimum absolute atomic E-state index is 0.105. The summed E-state index contributed by atoms with van der Waals surface area (Å²) in [6.45, 7) is 0.552. The molecule has 0 aromatic heterocycles. The highest BCUT2D eigenvalue weighted by Crippen LogP contribution is 2.57. The molecule has 170 valence electrons. The number of fused-ring (bicyclic) bond motifs is 3. The molecule has 2 fully saturated rings. The van der Waals surface area contributed by atoms with E-state index in [-0.39, 0.29) is 30.6 Å². The van der Waals surface area contributed by atoms with Gasteiger partial charge in [-0.05, 0) is 42.7 Å². The highest BCUT2D eigenvalue weighted by molar-refractivity contribution is 6.00. The monoisotopic (exact) mass is 449 g/mol. The van der Waals surface area contributed by atoms with Crippen LogP contribution in [0.15, 0.2) is 42.5 Å². The number of amides is 1. The van der Waals surface area contributed by atoms with Crippen LogP contribution in [0.3, 0.4) is 0 Å². The van der Waals surface area contributed by atoms with Crippen molar-refractivity contribution in [2.24, 2.45) is 5.41 Å². The predicted octanol–water partition coefficient (Wildman–Crippen LogP) is 2.91. The van der Waals surface area contributed by atoms with Gasteiger partial charge in [-0.15, -0.1) is 0 Å². The van der Waals surface area contributed by atoms with E-state index >= 15 is 0 Å². The van der Waals surface area contributed by atoms with Gasteiger partial charge < -0.3 is 23.8 Å². The van der Waals surface area contributed by atoms with Crippen LogP contribution in [0.4, 0.5) is 0 Å². The molecule has 0 unspecified atom stereocenters. The summed E-state index contributed by atoms with van der Waals surface area (Å²) >= 11 is 0. The Morgan fingerprint density at radius 2 is 1.88 bits per heavy atom. The van der Waals surface area contributed by atoms with Crippen molar-refractivity contribution < 1.29 is 33.3 Å². The summed E-state index contributed by atoms with van der Waals surface area (Å²) < 4.78 is 22.2. The molecule has 33 heavy (non-hydrogen) atoms. The molecule has 8 heteroatoms. The summed E-state index contributed by atoms with van der Waals surface area (Å²) in [5.41, 5.74) is 0.892. The Balaban J connectivity index is 1.42. The number of carbonyl (C=O) groups excluding carboxylic acids is 3. The van der Waals surface area contributed by atoms with Crippen LogP contribution in [0.5, 0.6) is 11.5 Å². The highest BCUT2D eigenvalue weighted by atomic mass is 16.7. The molecule has 1 saturated carbocycles. The Morgan fingerprint density at radius 3 is 2.64 bits per heavy atom. The largest absolute Gasteiger partial charge is 0.469 e. The first kappa shape index (κ1) is 20.1. The average Bonchev–Trinajstić information content (AvgIpc) is 3.47. The number of ether oxygens (including phenoxy) is 4. The number of rotatable bonds is 3. The van der Waals surface area contributed by atoms with Crippen molar-refractivity contribution in [1.82, 2.24) is 4.90 Å². The fraction of sp³-hybridized carbons (Fsp3) is 0.400. The quantitative estimate of drug-likeness (QED) is 0.666. The van der Waals surface area contributed by atoms with Crippen molar-refractivity contribution in [3.05, 3.63) is 59.2 Å². The van der Waals surface area contributed by atoms with Crippen molar-refractivity contribution in [2.75, 3.05) is 20.4 Å². The topological polar surface area (TPSA) is 91.4 Å². The highest BCUT2D eigenvalue weighted by Gasteiger charge is 2.64.